The quantitative estimate of drug-likeness (QED) is 0.745. The molecule has 1 heterocycles. The van der Waals surface area contributed by atoms with Crippen LogP contribution in [0.1, 0.15) is 38.5 Å². The number of amides is 1. The van der Waals surface area contributed by atoms with Crippen molar-refractivity contribution in [2.45, 2.75) is 50.7 Å². The van der Waals surface area contributed by atoms with E-state index in [2.05, 4.69) is 5.32 Å². The SMILES string of the molecule is NC1CC(CNC(=O)CC2CCCCO2)C1. The molecule has 0 radical (unpaired) electrons. The van der Waals surface area contributed by atoms with Crippen molar-refractivity contribution in [2.24, 2.45) is 11.7 Å². The van der Waals surface area contributed by atoms with E-state index in [1.54, 1.807) is 0 Å². The number of hydrogen-bond donors (Lipinski definition) is 2. The Labute approximate surface area is 96.9 Å². The third kappa shape index (κ3) is 3.46. The average Bonchev–Trinajstić information content (AvgIpc) is 2.24. The summed E-state index contributed by atoms with van der Waals surface area (Å²) in [6.07, 6.45) is 6.14. The largest absolute Gasteiger partial charge is 0.378 e. The lowest BCUT2D eigenvalue weighted by Crippen LogP contribution is -2.43. The lowest BCUT2D eigenvalue weighted by Gasteiger charge is -2.32. The van der Waals surface area contributed by atoms with Gasteiger partial charge in [0.15, 0.2) is 0 Å². The first-order chi connectivity index (χ1) is 7.74. The smallest absolute Gasteiger partial charge is 0.222 e. The first kappa shape index (κ1) is 11.9. The van der Waals surface area contributed by atoms with Gasteiger partial charge in [0.2, 0.25) is 5.91 Å². The van der Waals surface area contributed by atoms with Crippen LogP contribution in [0.15, 0.2) is 0 Å². The molecule has 0 spiro atoms. The lowest BCUT2D eigenvalue weighted by atomic mass is 9.81. The third-order valence-electron chi connectivity index (χ3n) is 3.55. The summed E-state index contributed by atoms with van der Waals surface area (Å²) >= 11 is 0. The van der Waals surface area contributed by atoms with E-state index in [4.69, 9.17) is 10.5 Å². The molecule has 2 aliphatic rings. The number of nitrogens with two attached hydrogens (primary N) is 1. The van der Waals surface area contributed by atoms with Gasteiger partial charge in [0.05, 0.1) is 12.5 Å². The molecule has 0 aromatic carbocycles. The maximum atomic E-state index is 11.6. The van der Waals surface area contributed by atoms with Crippen LogP contribution in [0.5, 0.6) is 0 Å². The zero-order valence-corrected chi connectivity index (χ0v) is 9.78. The van der Waals surface area contributed by atoms with Gasteiger partial charge in [0, 0.05) is 19.2 Å². The highest BCUT2D eigenvalue weighted by molar-refractivity contribution is 5.76. The second kappa shape index (κ2) is 5.64. The van der Waals surface area contributed by atoms with Crippen molar-refractivity contribution in [1.29, 1.82) is 0 Å². The van der Waals surface area contributed by atoms with Crippen molar-refractivity contribution >= 4 is 5.91 Å². The summed E-state index contributed by atoms with van der Waals surface area (Å²) in [5.41, 5.74) is 5.69. The van der Waals surface area contributed by atoms with Gasteiger partial charge >= 0.3 is 0 Å². The molecule has 2 rings (SSSR count). The molecule has 4 heteroatoms. The Morgan fingerprint density at radius 3 is 2.81 bits per heavy atom. The van der Waals surface area contributed by atoms with Gasteiger partial charge in [-0.05, 0) is 38.0 Å². The highest BCUT2D eigenvalue weighted by Crippen LogP contribution is 2.24. The minimum absolute atomic E-state index is 0.132. The van der Waals surface area contributed by atoms with E-state index in [0.717, 1.165) is 38.8 Å². The normalized spacial score (nSPS) is 34.2. The first-order valence-electron chi connectivity index (χ1n) is 6.38. The summed E-state index contributed by atoms with van der Waals surface area (Å²) in [5, 5.41) is 2.98. The molecule has 1 saturated carbocycles. The van der Waals surface area contributed by atoms with Gasteiger partial charge in [-0.3, -0.25) is 4.79 Å². The summed E-state index contributed by atoms with van der Waals surface area (Å²) in [7, 11) is 0. The molecule has 2 fully saturated rings. The van der Waals surface area contributed by atoms with Crippen molar-refractivity contribution < 1.29 is 9.53 Å². The van der Waals surface area contributed by atoms with E-state index < -0.39 is 0 Å². The highest BCUT2D eigenvalue weighted by atomic mass is 16.5. The zero-order valence-electron chi connectivity index (χ0n) is 9.78. The average molecular weight is 226 g/mol. The van der Waals surface area contributed by atoms with Gasteiger partial charge in [-0.25, -0.2) is 0 Å². The molecule has 1 atom stereocenters. The fourth-order valence-electron chi connectivity index (χ4n) is 2.46. The Morgan fingerprint density at radius 2 is 2.19 bits per heavy atom. The molecule has 3 N–H and O–H groups in total. The topological polar surface area (TPSA) is 64.3 Å². The second-order valence-electron chi connectivity index (χ2n) is 5.09. The van der Waals surface area contributed by atoms with Crippen LogP contribution in [0.3, 0.4) is 0 Å². The number of carbonyl (C=O) groups excluding carboxylic acids is 1. The predicted molar refractivity (Wildman–Crippen MR) is 61.9 cm³/mol. The molecular formula is C12H22N2O2. The van der Waals surface area contributed by atoms with Crippen LogP contribution in [-0.4, -0.2) is 31.2 Å². The Balaban J connectivity index is 1.57. The number of hydrogen-bond acceptors (Lipinski definition) is 3. The second-order valence-corrected chi connectivity index (χ2v) is 5.09. The molecule has 4 nitrogen and oxygen atoms in total. The molecule has 1 aliphatic heterocycles. The monoisotopic (exact) mass is 226 g/mol. The zero-order chi connectivity index (χ0) is 11.4. The van der Waals surface area contributed by atoms with Crippen molar-refractivity contribution in [3.63, 3.8) is 0 Å². The van der Waals surface area contributed by atoms with E-state index >= 15 is 0 Å². The van der Waals surface area contributed by atoms with Crippen molar-refractivity contribution in [3.8, 4) is 0 Å². The number of carbonyl (C=O) groups is 1. The predicted octanol–water partition coefficient (Wildman–Crippen LogP) is 0.799. The van der Waals surface area contributed by atoms with Crippen molar-refractivity contribution in [2.75, 3.05) is 13.2 Å². The van der Waals surface area contributed by atoms with Gasteiger partial charge in [-0.1, -0.05) is 0 Å². The summed E-state index contributed by atoms with van der Waals surface area (Å²) in [5.74, 6) is 0.735. The number of ether oxygens (including phenoxy) is 1. The summed E-state index contributed by atoms with van der Waals surface area (Å²) in [6.45, 7) is 1.61. The van der Waals surface area contributed by atoms with Crippen LogP contribution in [0.2, 0.25) is 0 Å². The van der Waals surface area contributed by atoms with E-state index in [1.165, 1.54) is 6.42 Å². The van der Waals surface area contributed by atoms with E-state index in [1.807, 2.05) is 0 Å². The molecule has 0 aromatic rings. The molecule has 1 aliphatic carbocycles. The molecule has 16 heavy (non-hydrogen) atoms. The Bertz CT molecular complexity index is 233. The molecular weight excluding hydrogens is 204 g/mol. The van der Waals surface area contributed by atoms with E-state index in [0.29, 0.717) is 18.4 Å². The van der Waals surface area contributed by atoms with E-state index in [-0.39, 0.29) is 12.0 Å². The van der Waals surface area contributed by atoms with Gasteiger partial charge in [0.1, 0.15) is 0 Å². The first-order valence-corrected chi connectivity index (χ1v) is 6.38. The summed E-state index contributed by atoms with van der Waals surface area (Å²) in [6, 6.07) is 0.364. The van der Waals surface area contributed by atoms with Crippen LogP contribution in [0.4, 0.5) is 0 Å². The highest BCUT2D eigenvalue weighted by Gasteiger charge is 2.26. The number of rotatable bonds is 4. The maximum absolute atomic E-state index is 11.6. The molecule has 1 unspecified atom stereocenters. The number of nitrogens with one attached hydrogen (secondary N) is 1. The van der Waals surface area contributed by atoms with Crippen molar-refractivity contribution in [3.05, 3.63) is 0 Å². The van der Waals surface area contributed by atoms with Gasteiger partial charge in [-0.15, -0.1) is 0 Å². The Morgan fingerprint density at radius 1 is 1.38 bits per heavy atom. The maximum Gasteiger partial charge on any atom is 0.222 e. The van der Waals surface area contributed by atoms with Crippen molar-refractivity contribution in [1.82, 2.24) is 5.32 Å². The van der Waals surface area contributed by atoms with Crippen LogP contribution < -0.4 is 11.1 Å². The van der Waals surface area contributed by atoms with Crippen LogP contribution in [-0.2, 0) is 9.53 Å². The lowest BCUT2D eigenvalue weighted by molar-refractivity contribution is -0.125. The fourth-order valence-corrected chi connectivity index (χ4v) is 2.46. The van der Waals surface area contributed by atoms with Gasteiger partial charge in [0.25, 0.3) is 0 Å². The molecule has 0 bridgehead atoms. The molecule has 92 valence electrons. The van der Waals surface area contributed by atoms with Crippen LogP contribution in [0, 0.1) is 5.92 Å². The Hall–Kier alpha value is -0.610. The molecule has 1 saturated heterocycles. The van der Waals surface area contributed by atoms with Gasteiger partial charge < -0.3 is 15.8 Å². The summed E-state index contributed by atoms with van der Waals surface area (Å²) < 4.78 is 5.53. The minimum atomic E-state index is 0.132. The fraction of sp³-hybridized carbons (Fsp3) is 0.917. The van der Waals surface area contributed by atoms with E-state index in [9.17, 15) is 4.79 Å². The van der Waals surface area contributed by atoms with Crippen LogP contribution >= 0.6 is 0 Å². The summed E-state index contributed by atoms with van der Waals surface area (Å²) in [4.78, 5) is 11.6. The molecule has 0 aromatic heterocycles. The van der Waals surface area contributed by atoms with Crippen LogP contribution in [0.25, 0.3) is 0 Å². The molecule has 1 amide bonds. The minimum Gasteiger partial charge on any atom is -0.378 e. The Kier molecular flexibility index (Phi) is 4.18. The standard InChI is InChI=1S/C12H22N2O2/c13-10-5-9(6-10)8-14-12(15)7-11-3-1-2-4-16-11/h9-11H,1-8,13H2,(H,14,15). The van der Waals surface area contributed by atoms with Gasteiger partial charge in [-0.2, -0.15) is 0 Å². The third-order valence-corrected chi connectivity index (χ3v) is 3.55.